The zero-order chi connectivity index (χ0) is 23.0. The van der Waals surface area contributed by atoms with Crippen molar-refractivity contribution in [3.05, 3.63) is 65.7 Å². The summed E-state index contributed by atoms with van der Waals surface area (Å²) >= 11 is 0. The fourth-order valence-corrected chi connectivity index (χ4v) is 3.19. The van der Waals surface area contributed by atoms with Crippen molar-refractivity contribution in [3.8, 4) is 0 Å². The van der Waals surface area contributed by atoms with Crippen LogP contribution in [0.4, 0.5) is 32.2 Å². The van der Waals surface area contributed by atoms with Crippen molar-refractivity contribution in [2.75, 3.05) is 11.3 Å². The van der Waals surface area contributed by atoms with Crippen LogP contribution in [0.1, 0.15) is 11.1 Å². The van der Waals surface area contributed by atoms with Crippen LogP contribution < -0.4 is 10.4 Å². The largest absolute Gasteiger partial charge is 0.473 e. The maximum atomic E-state index is 13.2. The zero-order valence-corrected chi connectivity index (χ0v) is 16.5. The van der Waals surface area contributed by atoms with Gasteiger partial charge in [-0.1, -0.05) is 12.1 Å². The van der Waals surface area contributed by atoms with E-state index in [2.05, 4.69) is 10.4 Å². The second kappa shape index (κ2) is 8.04. The van der Waals surface area contributed by atoms with Gasteiger partial charge in [-0.25, -0.2) is 23.8 Å². The predicted octanol–water partition coefficient (Wildman–Crippen LogP) is 3.82. The number of ether oxygens (including phenoxy) is 1. The van der Waals surface area contributed by atoms with E-state index in [4.69, 9.17) is 4.74 Å². The molecular formula is C18H15F6N3O3S. The van der Waals surface area contributed by atoms with Gasteiger partial charge in [0.2, 0.25) is 5.88 Å². The molecule has 0 amide bonds. The van der Waals surface area contributed by atoms with E-state index in [-0.39, 0.29) is 22.2 Å². The van der Waals surface area contributed by atoms with E-state index in [1.807, 2.05) is 0 Å². The molecule has 2 aromatic rings. The lowest BCUT2D eigenvalue weighted by Crippen LogP contribution is -2.45. The first-order valence-electron chi connectivity index (χ1n) is 8.55. The highest BCUT2D eigenvalue weighted by Crippen LogP contribution is 2.32. The summed E-state index contributed by atoms with van der Waals surface area (Å²) in [6.07, 6.45) is -6.65. The van der Waals surface area contributed by atoms with Gasteiger partial charge >= 0.3 is 12.4 Å². The molecule has 3 rings (SSSR count). The maximum Gasteiger partial charge on any atom is 0.416 e. The number of aromatic nitrogens is 1. The second-order valence-electron chi connectivity index (χ2n) is 6.60. The molecule has 0 aliphatic carbocycles. The molecule has 1 aliphatic rings. The summed E-state index contributed by atoms with van der Waals surface area (Å²) in [4.78, 5) is 3.70. The van der Waals surface area contributed by atoms with Crippen molar-refractivity contribution in [3.63, 3.8) is 0 Å². The first-order valence-corrected chi connectivity index (χ1v) is 10.4. The monoisotopic (exact) mass is 467 g/mol. The number of pyridine rings is 1. The van der Waals surface area contributed by atoms with Crippen molar-refractivity contribution in [2.45, 2.75) is 29.9 Å². The quantitative estimate of drug-likeness (QED) is 0.675. The van der Waals surface area contributed by atoms with E-state index in [0.717, 1.165) is 41.7 Å². The highest BCUT2D eigenvalue weighted by molar-refractivity contribution is 7.90. The van der Waals surface area contributed by atoms with Gasteiger partial charge in [0.15, 0.2) is 9.84 Å². The molecule has 0 radical (unpaired) electrons. The number of alkyl halides is 6. The Morgan fingerprint density at radius 1 is 1.13 bits per heavy atom. The number of benzene rings is 1. The Labute approximate surface area is 173 Å². The van der Waals surface area contributed by atoms with Gasteiger partial charge in [-0.2, -0.15) is 26.3 Å². The minimum Gasteiger partial charge on any atom is -0.473 e. The van der Waals surface area contributed by atoms with E-state index < -0.39 is 40.4 Å². The molecule has 2 heterocycles. The summed E-state index contributed by atoms with van der Waals surface area (Å²) in [7, 11) is -3.57. The smallest absolute Gasteiger partial charge is 0.416 e. The molecule has 0 saturated carbocycles. The van der Waals surface area contributed by atoms with E-state index in [9.17, 15) is 34.8 Å². The molecule has 0 saturated heterocycles. The highest BCUT2D eigenvalue weighted by atomic mass is 32.2. The number of anilines is 1. The van der Waals surface area contributed by atoms with E-state index in [0.29, 0.717) is 6.08 Å². The van der Waals surface area contributed by atoms with Gasteiger partial charge in [-0.3, -0.25) is 0 Å². The Morgan fingerprint density at radius 2 is 1.84 bits per heavy atom. The molecule has 1 atom stereocenters. The lowest BCUT2D eigenvalue weighted by Gasteiger charge is -2.23. The SMILES string of the molecule is CS(=O)(=O)c1ccc(N2NC(C(F)(F)F)C=C2OCc2cccc(C(F)(F)F)c2)nc1. The first kappa shape index (κ1) is 22.9. The number of rotatable bonds is 5. The van der Waals surface area contributed by atoms with Gasteiger partial charge in [-0.15, -0.1) is 0 Å². The molecule has 1 aliphatic heterocycles. The van der Waals surface area contributed by atoms with E-state index in [1.54, 1.807) is 0 Å². The van der Waals surface area contributed by atoms with Gasteiger partial charge in [0, 0.05) is 18.5 Å². The average molecular weight is 467 g/mol. The third-order valence-electron chi connectivity index (χ3n) is 4.17. The molecule has 1 aromatic carbocycles. The number of sulfone groups is 1. The summed E-state index contributed by atoms with van der Waals surface area (Å²) in [5.74, 6) is -0.450. The molecule has 0 fully saturated rings. The third-order valence-corrected chi connectivity index (χ3v) is 5.27. The molecule has 0 spiro atoms. The lowest BCUT2D eigenvalue weighted by molar-refractivity contribution is -0.143. The summed E-state index contributed by atoms with van der Waals surface area (Å²) in [6.45, 7) is -0.445. The topological polar surface area (TPSA) is 71.5 Å². The first-order chi connectivity index (χ1) is 14.2. The zero-order valence-electron chi connectivity index (χ0n) is 15.7. The number of hydrogen-bond donors (Lipinski definition) is 1. The van der Waals surface area contributed by atoms with E-state index in [1.165, 1.54) is 12.1 Å². The summed E-state index contributed by atoms with van der Waals surface area (Å²) in [5.41, 5.74) is 1.29. The standard InChI is InChI=1S/C18H15F6N3O3S/c1-31(28,29)13-5-6-15(25-9-13)27-16(8-14(26-27)18(22,23)24)30-10-11-3-2-4-12(7-11)17(19,20)21/h2-9,14,26H,10H2,1H3. The van der Waals surface area contributed by atoms with Crippen molar-refractivity contribution in [1.29, 1.82) is 0 Å². The minimum absolute atomic E-state index is 0.0894. The minimum atomic E-state index is -4.69. The predicted molar refractivity (Wildman–Crippen MR) is 97.1 cm³/mol. The number of hydrogen-bond acceptors (Lipinski definition) is 6. The van der Waals surface area contributed by atoms with Crippen molar-refractivity contribution in [1.82, 2.24) is 10.4 Å². The van der Waals surface area contributed by atoms with E-state index >= 15 is 0 Å². The van der Waals surface area contributed by atoms with Crippen LogP contribution in [-0.2, 0) is 27.4 Å². The van der Waals surface area contributed by atoms with Gasteiger partial charge in [0.25, 0.3) is 0 Å². The number of halogens is 6. The van der Waals surface area contributed by atoms with Crippen LogP contribution in [0, 0.1) is 0 Å². The fraction of sp³-hybridized carbons (Fsp3) is 0.278. The Hall–Kier alpha value is -2.80. The normalized spacial score (nSPS) is 17.6. The molecular weight excluding hydrogens is 452 g/mol. The van der Waals surface area contributed by atoms with Crippen LogP contribution in [0.15, 0.2) is 59.4 Å². The van der Waals surface area contributed by atoms with Crippen LogP contribution in [-0.4, -0.2) is 31.9 Å². The van der Waals surface area contributed by atoms with Crippen molar-refractivity contribution < 1.29 is 39.5 Å². The van der Waals surface area contributed by atoms with Gasteiger partial charge in [0.1, 0.15) is 18.5 Å². The van der Waals surface area contributed by atoms with Gasteiger partial charge < -0.3 is 4.74 Å². The van der Waals surface area contributed by atoms with Crippen LogP contribution >= 0.6 is 0 Å². The van der Waals surface area contributed by atoms with Crippen molar-refractivity contribution >= 4 is 15.7 Å². The second-order valence-corrected chi connectivity index (χ2v) is 8.62. The summed E-state index contributed by atoms with van der Waals surface area (Å²) in [5, 5.41) is 0.845. The van der Waals surface area contributed by atoms with Gasteiger partial charge in [0.05, 0.1) is 10.5 Å². The maximum absolute atomic E-state index is 13.2. The molecule has 168 valence electrons. The molecule has 0 bridgehead atoms. The van der Waals surface area contributed by atoms with Crippen molar-refractivity contribution in [2.24, 2.45) is 0 Å². The lowest BCUT2D eigenvalue weighted by atomic mass is 10.1. The number of hydrazine groups is 1. The number of nitrogens with zero attached hydrogens (tertiary/aromatic N) is 2. The Kier molecular flexibility index (Phi) is 5.93. The highest BCUT2D eigenvalue weighted by Gasteiger charge is 2.44. The van der Waals surface area contributed by atoms with Gasteiger partial charge in [-0.05, 0) is 29.8 Å². The Morgan fingerprint density at radius 3 is 2.39 bits per heavy atom. The van der Waals surface area contributed by atoms with Crippen LogP contribution in [0.2, 0.25) is 0 Å². The Balaban J connectivity index is 1.84. The number of nitrogens with one attached hydrogen (secondary N) is 1. The molecule has 13 heteroatoms. The third kappa shape index (κ3) is 5.47. The molecule has 1 aromatic heterocycles. The molecule has 1 N–H and O–H groups in total. The van der Waals surface area contributed by atoms with Crippen LogP contribution in [0.3, 0.4) is 0 Å². The van der Waals surface area contributed by atoms with Crippen LogP contribution in [0.25, 0.3) is 0 Å². The molecule has 1 unspecified atom stereocenters. The average Bonchev–Trinajstić information content (AvgIpc) is 3.10. The molecule has 31 heavy (non-hydrogen) atoms. The summed E-state index contributed by atoms with van der Waals surface area (Å²) < 4.78 is 106. The van der Waals surface area contributed by atoms with Crippen LogP contribution in [0.5, 0.6) is 0 Å². The Bertz CT molecular complexity index is 1080. The summed E-state index contributed by atoms with van der Waals surface area (Å²) in [6, 6.07) is 4.37. The molecule has 6 nitrogen and oxygen atoms in total. The fourth-order valence-electron chi connectivity index (χ4n) is 2.64.